The zero-order valence-electron chi connectivity index (χ0n) is 10.0. The van der Waals surface area contributed by atoms with Crippen molar-refractivity contribution in [2.24, 2.45) is 5.92 Å². The number of rotatable bonds is 5. The van der Waals surface area contributed by atoms with Crippen molar-refractivity contribution in [1.82, 2.24) is 4.90 Å². The van der Waals surface area contributed by atoms with Gasteiger partial charge in [0, 0.05) is 20.0 Å². The molecular weight excluding hydrogens is 239 g/mol. The fraction of sp³-hybridized carbons (Fsp3) is 0.800. The Balaban J connectivity index is 4.10. The summed E-state index contributed by atoms with van der Waals surface area (Å²) in [6.07, 6.45) is -6.10. The largest absolute Gasteiger partial charge is 0.469 e. The maximum atomic E-state index is 11.9. The minimum Gasteiger partial charge on any atom is -0.469 e. The number of alkyl halides is 3. The van der Waals surface area contributed by atoms with E-state index in [0.29, 0.717) is 0 Å². The number of hydrogen-bond acceptors (Lipinski definition) is 3. The van der Waals surface area contributed by atoms with Crippen molar-refractivity contribution in [3.63, 3.8) is 0 Å². The quantitative estimate of drug-likeness (QED) is 0.701. The Morgan fingerprint density at radius 2 is 1.88 bits per heavy atom. The first kappa shape index (κ1) is 15.7. The van der Waals surface area contributed by atoms with E-state index >= 15 is 0 Å². The summed E-state index contributed by atoms with van der Waals surface area (Å²) < 4.78 is 40.1. The predicted octanol–water partition coefficient (Wildman–Crippen LogP) is 1.60. The molecule has 0 N–H and O–H groups in total. The van der Waals surface area contributed by atoms with Gasteiger partial charge in [-0.25, -0.2) is 0 Å². The average molecular weight is 255 g/mol. The van der Waals surface area contributed by atoms with Gasteiger partial charge in [0.2, 0.25) is 5.91 Å². The lowest BCUT2D eigenvalue weighted by molar-refractivity contribution is -0.151. The molecule has 0 aromatic rings. The second-order valence-corrected chi connectivity index (χ2v) is 3.81. The first-order chi connectivity index (χ1) is 7.67. The Hall–Kier alpha value is -1.27. The maximum absolute atomic E-state index is 11.9. The Morgan fingerprint density at radius 1 is 1.35 bits per heavy atom. The van der Waals surface area contributed by atoms with Crippen LogP contribution in [0.5, 0.6) is 0 Å². The molecule has 100 valence electrons. The lowest BCUT2D eigenvalue weighted by Crippen LogP contribution is -2.34. The normalized spacial score (nSPS) is 13.1. The van der Waals surface area contributed by atoms with Crippen LogP contribution in [0, 0.1) is 5.92 Å². The van der Waals surface area contributed by atoms with Crippen LogP contribution in [0.3, 0.4) is 0 Å². The van der Waals surface area contributed by atoms with Crippen LogP contribution >= 0.6 is 0 Å². The highest BCUT2D eigenvalue weighted by Gasteiger charge is 2.29. The number of amides is 1. The number of methoxy groups -OCH3 is 1. The van der Waals surface area contributed by atoms with E-state index < -0.39 is 36.8 Å². The standard InChI is InChI=1S/C10H16F3NO3/c1-7(9(16)17-3)6-14(2)8(15)4-5-10(11,12)13/h7H,4-6H2,1-3H3. The van der Waals surface area contributed by atoms with Gasteiger partial charge in [-0.05, 0) is 0 Å². The van der Waals surface area contributed by atoms with Crippen molar-refractivity contribution < 1.29 is 27.5 Å². The number of halogens is 3. The molecule has 7 heteroatoms. The smallest absolute Gasteiger partial charge is 0.389 e. The molecule has 0 fully saturated rings. The predicted molar refractivity (Wildman–Crippen MR) is 54.1 cm³/mol. The summed E-state index contributed by atoms with van der Waals surface area (Å²) in [5, 5.41) is 0. The number of esters is 1. The summed E-state index contributed by atoms with van der Waals surface area (Å²) in [5.41, 5.74) is 0. The lowest BCUT2D eigenvalue weighted by Gasteiger charge is -2.20. The third-order valence-electron chi connectivity index (χ3n) is 2.20. The van der Waals surface area contributed by atoms with Gasteiger partial charge in [0.05, 0.1) is 19.4 Å². The van der Waals surface area contributed by atoms with Gasteiger partial charge in [-0.15, -0.1) is 0 Å². The van der Waals surface area contributed by atoms with E-state index in [2.05, 4.69) is 4.74 Å². The van der Waals surface area contributed by atoms with E-state index in [-0.39, 0.29) is 6.54 Å². The van der Waals surface area contributed by atoms with Crippen LogP contribution in [0.25, 0.3) is 0 Å². The van der Waals surface area contributed by atoms with Crippen LogP contribution < -0.4 is 0 Å². The molecule has 1 unspecified atom stereocenters. The molecule has 0 rings (SSSR count). The van der Waals surface area contributed by atoms with E-state index in [1.165, 1.54) is 14.2 Å². The summed E-state index contributed by atoms with van der Waals surface area (Å²) in [6, 6.07) is 0. The number of nitrogens with zero attached hydrogens (tertiary/aromatic N) is 1. The molecule has 0 aliphatic carbocycles. The molecule has 0 heterocycles. The van der Waals surface area contributed by atoms with Gasteiger partial charge in [0.1, 0.15) is 0 Å². The number of ether oxygens (including phenoxy) is 1. The topological polar surface area (TPSA) is 46.6 Å². The summed E-state index contributed by atoms with van der Waals surface area (Å²) >= 11 is 0. The average Bonchev–Trinajstić information content (AvgIpc) is 2.23. The minimum absolute atomic E-state index is 0.0450. The van der Waals surface area contributed by atoms with Gasteiger partial charge in [-0.3, -0.25) is 9.59 Å². The first-order valence-corrected chi connectivity index (χ1v) is 5.06. The van der Waals surface area contributed by atoms with Gasteiger partial charge < -0.3 is 9.64 Å². The zero-order chi connectivity index (χ0) is 13.6. The Kier molecular flexibility index (Phi) is 5.98. The molecule has 1 amide bonds. The third kappa shape index (κ3) is 6.80. The molecular formula is C10H16F3NO3. The fourth-order valence-corrected chi connectivity index (χ4v) is 1.23. The molecule has 17 heavy (non-hydrogen) atoms. The van der Waals surface area contributed by atoms with Crippen molar-refractivity contribution in [1.29, 1.82) is 0 Å². The molecule has 0 radical (unpaired) electrons. The van der Waals surface area contributed by atoms with Crippen molar-refractivity contribution in [2.75, 3.05) is 20.7 Å². The lowest BCUT2D eigenvalue weighted by atomic mass is 10.1. The van der Waals surface area contributed by atoms with Crippen LogP contribution in [0.2, 0.25) is 0 Å². The Labute approximate surface area is 97.7 Å². The molecule has 0 bridgehead atoms. The van der Waals surface area contributed by atoms with Gasteiger partial charge in [0.25, 0.3) is 0 Å². The van der Waals surface area contributed by atoms with Crippen LogP contribution in [0.15, 0.2) is 0 Å². The zero-order valence-corrected chi connectivity index (χ0v) is 10.0. The monoisotopic (exact) mass is 255 g/mol. The minimum atomic E-state index is -4.34. The van der Waals surface area contributed by atoms with E-state index in [0.717, 1.165) is 4.90 Å². The number of carbonyl (C=O) groups is 2. The third-order valence-corrected chi connectivity index (χ3v) is 2.20. The van der Waals surface area contributed by atoms with Crippen LogP contribution in [0.1, 0.15) is 19.8 Å². The highest BCUT2D eigenvalue weighted by Crippen LogP contribution is 2.21. The van der Waals surface area contributed by atoms with E-state index in [1.54, 1.807) is 6.92 Å². The van der Waals surface area contributed by atoms with Crippen LogP contribution in [-0.4, -0.2) is 43.7 Å². The fourth-order valence-electron chi connectivity index (χ4n) is 1.23. The molecule has 1 atom stereocenters. The molecule has 0 aromatic carbocycles. The number of hydrogen-bond donors (Lipinski definition) is 0. The summed E-state index contributed by atoms with van der Waals surface area (Å²) in [6.45, 7) is 1.59. The van der Waals surface area contributed by atoms with E-state index in [4.69, 9.17) is 0 Å². The highest BCUT2D eigenvalue weighted by atomic mass is 19.4. The maximum Gasteiger partial charge on any atom is 0.389 e. The van der Waals surface area contributed by atoms with Gasteiger partial charge in [-0.1, -0.05) is 6.92 Å². The van der Waals surface area contributed by atoms with E-state index in [9.17, 15) is 22.8 Å². The van der Waals surface area contributed by atoms with Crippen LogP contribution in [-0.2, 0) is 14.3 Å². The van der Waals surface area contributed by atoms with Crippen LogP contribution in [0.4, 0.5) is 13.2 Å². The van der Waals surface area contributed by atoms with Crippen molar-refractivity contribution in [3.05, 3.63) is 0 Å². The summed E-state index contributed by atoms with van der Waals surface area (Å²) in [5.74, 6) is -1.70. The molecule has 0 aliphatic heterocycles. The van der Waals surface area contributed by atoms with Crippen molar-refractivity contribution in [2.45, 2.75) is 25.9 Å². The number of carbonyl (C=O) groups excluding carboxylic acids is 2. The first-order valence-electron chi connectivity index (χ1n) is 5.06. The summed E-state index contributed by atoms with van der Waals surface area (Å²) in [7, 11) is 2.57. The van der Waals surface area contributed by atoms with Gasteiger partial charge in [-0.2, -0.15) is 13.2 Å². The Morgan fingerprint density at radius 3 is 2.29 bits per heavy atom. The molecule has 0 saturated heterocycles. The SMILES string of the molecule is COC(=O)C(C)CN(C)C(=O)CCC(F)(F)F. The molecule has 0 aromatic heterocycles. The molecule has 4 nitrogen and oxygen atoms in total. The molecule has 0 spiro atoms. The van der Waals surface area contributed by atoms with Gasteiger partial charge in [0.15, 0.2) is 0 Å². The second-order valence-electron chi connectivity index (χ2n) is 3.81. The Bertz CT molecular complexity index is 278. The summed E-state index contributed by atoms with van der Waals surface area (Å²) in [4.78, 5) is 23.5. The van der Waals surface area contributed by atoms with Crippen molar-refractivity contribution in [3.8, 4) is 0 Å². The van der Waals surface area contributed by atoms with Crippen molar-refractivity contribution >= 4 is 11.9 Å². The van der Waals surface area contributed by atoms with Gasteiger partial charge >= 0.3 is 12.1 Å². The highest BCUT2D eigenvalue weighted by molar-refractivity contribution is 5.77. The molecule has 0 saturated carbocycles. The molecule has 0 aliphatic rings. The second kappa shape index (κ2) is 6.46. The van der Waals surface area contributed by atoms with E-state index in [1.807, 2.05) is 0 Å².